The van der Waals surface area contributed by atoms with Crippen molar-refractivity contribution in [3.63, 3.8) is 0 Å². The summed E-state index contributed by atoms with van der Waals surface area (Å²) >= 11 is 5.75. The minimum Gasteiger partial charge on any atom is -0.462 e. The van der Waals surface area contributed by atoms with Crippen LogP contribution in [0.25, 0.3) is 0 Å². The third kappa shape index (κ3) is 3.30. The summed E-state index contributed by atoms with van der Waals surface area (Å²) in [6, 6.07) is 4.94. The van der Waals surface area contributed by atoms with Crippen molar-refractivity contribution < 1.29 is 14.3 Å². The van der Waals surface area contributed by atoms with Crippen LogP contribution in [0.15, 0.2) is 18.2 Å². The zero-order valence-electron chi connectivity index (χ0n) is 9.96. The fraction of sp³-hybridized carbons (Fsp3) is 0.385. The summed E-state index contributed by atoms with van der Waals surface area (Å²) in [5.74, 6) is -0.222. The van der Waals surface area contributed by atoms with E-state index in [1.165, 1.54) is 0 Å². The predicted molar refractivity (Wildman–Crippen MR) is 66.6 cm³/mol. The summed E-state index contributed by atoms with van der Waals surface area (Å²) in [7, 11) is 0. The van der Waals surface area contributed by atoms with Crippen molar-refractivity contribution in [2.45, 2.75) is 26.1 Å². The quantitative estimate of drug-likeness (QED) is 0.460. The van der Waals surface area contributed by atoms with Crippen molar-refractivity contribution in [1.29, 1.82) is 0 Å². The Morgan fingerprint density at radius 1 is 1.29 bits per heavy atom. The number of rotatable bonds is 5. The largest absolute Gasteiger partial charge is 0.462 e. The highest BCUT2D eigenvalue weighted by Gasteiger charge is 2.14. The van der Waals surface area contributed by atoms with Crippen LogP contribution in [0.2, 0.25) is 0 Å². The molecule has 1 aromatic carbocycles. The van der Waals surface area contributed by atoms with Crippen molar-refractivity contribution in [2.24, 2.45) is 0 Å². The van der Waals surface area contributed by atoms with Gasteiger partial charge >= 0.3 is 5.97 Å². The van der Waals surface area contributed by atoms with Crippen LogP contribution >= 0.6 is 11.6 Å². The van der Waals surface area contributed by atoms with Crippen LogP contribution < -0.4 is 0 Å². The van der Waals surface area contributed by atoms with Crippen LogP contribution in [0.4, 0.5) is 0 Å². The lowest BCUT2D eigenvalue weighted by Crippen LogP contribution is -2.09. The smallest absolute Gasteiger partial charge is 0.338 e. The van der Waals surface area contributed by atoms with E-state index in [1.54, 1.807) is 32.0 Å². The van der Waals surface area contributed by atoms with Gasteiger partial charge < -0.3 is 4.74 Å². The number of carbonyl (C=O) groups excluding carboxylic acids is 2. The number of ether oxygens (including phenoxy) is 1. The lowest BCUT2D eigenvalue weighted by molar-refractivity contribution is 0.0525. The number of alkyl halides is 1. The molecule has 0 aromatic heterocycles. The summed E-state index contributed by atoms with van der Waals surface area (Å²) in [5, 5.41) is 0. The number of halogens is 1. The Morgan fingerprint density at radius 2 is 2.00 bits per heavy atom. The molecular formula is C13H15ClO3. The fourth-order valence-corrected chi connectivity index (χ4v) is 1.70. The van der Waals surface area contributed by atoms with Gasteiger partial charge in [0.25, 0.3) is 0 Å². The Labute approximate surface area is 106 Å². The average molecular weight is 255 g/mol. The van der Waals surface area contributed by atoms with Gasteiger partial charge in [-0.25, -0.2) is 4.79 Å². The molecule has 0 unspecified atom stereocenters. The zero-order valence-corrected chi connectivity index (χ0v) is 10.7. The van der Waals surface area contributed by atoms with E-state index >= 15 is 0 Å². The monoisotopic (exact) mass is 254 g/mol. The first-order valence-electron chi connectivity index (χ1n) is 5.53. The second-order valence-electron chi connectivity index (χ2n) is 3.50. The van der Waals surface area contributed by atoms with Gasteiger partial charge in [-0.15, -0.1) is 11.6 Å². The maximum absolute atomic E-state index is 11.7. The van der Waals surface area contributed by atoms with Gasteiger partial charge in [0.15, 0.2) is 5.78 Å². The van der Waals surface area contributed by atoms with Crippen molar-refractivity contribution in [1.82, 2.24) is 0 Å². The lowest BCUT2D eigenvalue weighted by Gasteiger charge is -2.08. The van der Waals surface area contributed by atoms with Crippen molar-refractivity contribution in [3.8, 4) is 0 Å². The summed E-state index contributed by atoms with van der Waals surface area (Å²) < 4.78 is 4.93. The van der Waals surface area contributed by atoms with E-state index in [0.717, 1.165) is 0 Å². The Kier molecular flexibility index (Phi) is 5.16. The second kappa shape index (κ2) is 6.40. The molecule has 1 aromatic rings. The molecule has 0 aliphatic rings. The molecule has 4 heteroatoms. The molecule has 17 heavy (non-hydrogen) atoms. The van der Waals surface area contributed by atoms with E-state index in [-0.39, 0.29) is 11.7 Å². The first-order valence-corrected chi connectivity index (χ1v) is 6.06. The summed E-state index contributed by atoms with van der Waals surface area (Å²) in [6.45, 7) is 3.81. The van der Waals surface area contributed by atoms with Crippen LogP contribution in [0.5, 0.6) is 0 Å². The van der Waals surface area contributed by atoms with Gasteiger partial charge in [-0.3, -0.25) is 4.79 Å². The van der Waals surface area contributed by atoms with Gasteiger partial charge in [0.2, 0.25) is 0 Å². The molecule has 0 fully saturated rings. The van der Waals surface area contributed by atoms with Gasteiger partial charge in [0.05, 0.1) is 12.2 Å². The predicted octanol–water partition coefficient (Wildman–Crippen LogP) is 3.19. The first kappa shape index (κ1) is 13.7. The minimum absolute atomic E-state index is 0.00308. The number of hydrogen-bond donors (Lipinski definition) is 0. The Morgan fingerprint density at radius 3 is 2.53 bits per heavy atom. The van der Waals surface area contributed by atoms with Crippen molar-refractivity contribution >= 4 is 23.4 Å². The molecule has 0 amide bonds. The van der Waals surface area contributed by atoms with Crippen LogP contribution in [-0.2, 0) is 10.6 Å². The molecule has 0 spiro atoms. The normalized spacial score (nSPS) is 10.1. The third-order valence-corrected chi connectivity index (χ3v) is 2.68. The van der Waals surface area contributed by atoms with Gasteiger partial charge in [-0.1, -0.05) is 19.1 Å². The molecule has 92 valence electrons. The van der Waals surface area contributed by atoms with Crippen LogP contribution in [0.3, 0.4) is 0 Å². The zero-order chi connectivity index (χ0) is 12.8. The second-order valence-corrected chi connectivity index (χ2v) is 3.77. The first-order chi connectivity index (χ1) is 8.13. The number of hydrogen-bond acceptors (Lipinski definition) is 3. The van der Waals surface area contributed by atoms with E-state index in [4.69, 9.17) is 16.3 Å². The average Bonchev–Trinajstić information content (AvgIpc) is 2.37. The molecule has 0 atom stereocenters. The van der Waals surface area contributed by atoms with Gasteiger partial charge in [0.1, 0.15) is 0 Å². The molecule has 0 saturated carbocycles. The van der Waals surface area contributed by atoms with Gasteiger partial charge in [0, 0.05) is 17.9 Å². The lowest BCUT2D eigenvalue weighted by atomic mass is 10.0. The fourth-order valence-electron chi connectivity index (χ4n) is 1.47. The maximum atomic E-state index is 11.7. The highest BCUT2D eigenvalue weighted by Crippen LogP contribution is 2.17. The SMILES string of the molecule is CCOC(=O)c1cc(C(=O)CC)ccc1CCl. The highest BCUT2D eigenvalue weighted by molar-refractivity contribution is 6.17. The third-order valence-electron chi connectivity index (χ3n) is 2.39. The Hall–Kier alpha value is -1.35. The van der Waals surface area contributed by atoms with Crippen LogP contribution in [0, 0.1) is 0 Å². The van der Waals surface area contributed by atoms with Crippen LogP contribution in [0.1, 0.15) is 46.5 Å². The number of benzene rings is 1. The number of carbonyl (C=O) groups is 2. The van der Waals surface area contributed by atoms with Crippen molar-refractivity contribution in [3.05, 3.63) is 34.9 Å². The molecule has 0 aliphatic heterocycles. The summed E-state index contributed by atoms with van der Waals surface area (Å²) in [5.41, 5.74) is 1.57. The summed E-state index contributed by atoms with van der Waals surface area (Å²) in [4.78, 5) is 23.3. The van der Waals surface area contributed by atoms with E-state index < -0.39 is 5.97 Å². The number of ketones is 1. The van der Waals surface area contributed by atoms with E-state index in [9.17, 15) is 9.59 Å². The summed E-state index contributed by atoms with van der Waals surface area (Å²) in [6.07, 6.45) is 0.405. The van der Waals surface area contributed by atoms with E-state index in [0.29, 0.717) is 29.7 Å². The standard InChI is InChI=1S/C13H15ClO3/c1-3-12(15)9-5-6-10(8-14)11(7-9)13(16)17-4-2/h5-7H,3-4,8H2,1-2H3. The van der Waals surface area contributed by atoms with E-state index in [1.807, 2.05) is 0 Å². The molecule has 0 radical (unpaired) electrons. The molecule has 0 saturated heterocycles. The molecule has 0 bridgehead atoms. The Balaban J connectivity index is 3.15. The molecule has 3 nitrogen and oxygen atoms in total. The molecular weight excluding hydrogens is 240 g/mol. The van der Waals surface area contributed by atoms with Crippen molar-refractivity contribution in [2.75, 3.05) is 6.61 Å². The molecule has 0 heterocycles. The molecule has 1 rings (SSSR count). The topological polar surface area (TPSA) is 43.4 Å². The van der Waals surface area contributed by atoms with Crippen LogP contribution in [-0.4, -0.2) is 18.4 Å². The van der Waals surface area contributed by atoms with Gasteiger partial charge in [-0.2, -0.15) is 0 Å². The maximum Gasteiger partial charge on any atom is 0.338 e. The molecule has 0 N–H and O–H groups in total. The minimum atomic E-state index is -0.436. The number of esters is 1. The molecule has 0 aliphatic carbocycles. The highest BCUT2D eigenvalue weighted by atomic mass is 35.5. The number of Topliss-reactive ketones (excluding diaryl/α,β-unsaturated/α-hetero) is 1. The van der Waals surface area contributed by atoms with E-state index in [2.05, 4.69) is 0 Å². The van der Waals surface area contributed by atoms with Gasteiger partial charge in [-0.05, 0) is 18.6 Å². The Bertz CT molecular complexity index is 427.